The highest BCUT2D eigenvalue weighted by molar-refractivity contribution is 7.89. The van der Waals surface area contributed by atoms with E-state index in [4.69, 9.17) is 14.2 Å². The van der Waals surface area contributed by atoms with Crippen molar-refractivity contribution in [3.8, 4) is 11.5 Å². The molecule has 0 radical (unpaired) electrons. The minimum absolute atomic E-state index is 0.0716. The molecule has 2 heterocycles. The van der Waals surface area contributed by atoms with Crippen LogP contribution in [0.2, 0.25) is 0 Å². The monoisotopic (exact) mass is 481 g/mol. The highest BCUT2D eigenvalue weighted by Crippen LogP contribution is 2.40. The van der Waals surface area contributed by atoms with Gasteiger partial charge in [-0.15, -0.1) is 0 Å². The van der Waals surface area contributed by atoms with Gasteiger partial charge in [0.05, 0.1) is 30.3 Å². The fourth-order valence-electron chi connectivity index (χ4n) is 4.50. The molecule has 3 atom stereocenters. The largest absolute Gasteiger partial charge is 0.454 e. The second-order valence-corrected chi connectivity index (χ2v) is 10.6. The van der Waals surface area contributed by atoms with E-state index in [1.54, 1.807) is 30.3 Å². The number of ether oxygens (including phenoxy) is 3. The van der Waals surface area contributed by atoms with Crippen molar-refractivity contribution in [3.05, 3.63) is 89.5 Å². The number of hydrogen-bond donors (Lipinski definition) is 1. The Morgan fingerprint density at radius 3 is 2.50 bits per heavy atom. The highest BCUT2D eigenvalue weighted by atomic mass is 32.2. The van der Waals surface area contributed by atoms with Crippen LogP contribution in [0.5, 0.6) is 11.5 Å². The van der Waals surface area contributed by atoms with Crippen LogP contribution in [0.3, 0.4) is 0 Å². The number of sulfonamides is 1. The van der Waals surface area contributed by atoms with Gasteiger partial charge in [-0.1, -0.05) is 54.1 Å². The van der Waals surface area contributed by atoms with Crippen molar-refractivity contribution in [3.63, 3.8) is 0 Å². The van der Waals surface area contributed by atoms with Crippen molar-refractivity contribution in [2.45, 2.75) is 36.5 Å². The summed E-state index contributed by atoms with van der Waals surface area (Å²) >= 11 is 0. The molecule has 178 valence electrons. The number of aryl methyl sites for hydroxylation is 1. The number of rotatable bonds is 7. The third-order valence-corrected chi connectivity index (χ3v) is 8.31. The van der Waals surface area contributed by atoms with E-state index in [1.165, 1.54) is 4.31 Å². The van der Waals surface area contributed by atoms with Crippen LogP contribution in [0.1, 0.15) is 22.6 Å². The average molecular weight is 482 g/mol. The van der Waals surface area contributed by atoms with E-state index in [0.717, 1.165) is 16.7 Å². The maximum atomic E-state index is 13.6. The van der Waals surface area contributed by atoms with Gasteiger partial charge in [0.15, 0.2) is 11.5 Å². The number of aliphatic hydroxyl groups is 1. The molecule has 2 aliphatic heterocycles. The molecule has 0 spiro atoms. The topological polar surface area (TPSA) is 85.3 Å². The molecule has 7 nitrogen and oxygen atoms in total. The standard InChI is InChI=1S/C26H27NO6S/c1-18-7-10-21(11-8-18)34(29,30)27-14-22(20-9-12-24-25(13-20)33-17-32-24)26(28)23(27)16-31-15-19-5-3-2-4-6-19/h2-13,22-23,26,28H,14-17H2,1H3/t22-,23-,26+/m1/s1. The van der Waals surface area contributed by atoms with Crippen LogP contribution in [0, 0.1) is 6.92 Å². The lowest BCUT2D eigenvalue weighted by molar-refractivity contribution is 0.0393. The summed E-state index contributed by atoms with van der Waals surface area (Å²) in [7, 11) is -3.85. The van der Waals surface area contributed by atoms with E-state index < -0.39 is 28.1 Å². The molecule has 8 heteroatoms. The summed E-state index contributed by atoms with van der Waals surface area (Å²) in [5.41, 5.74) is 2.75. The van der Waals surface area contributed by atoms with Gasteiger partial charge in [0, 0.05) is 12.5 Å². The van der Waals surface area contributed by atoms with Crippen molar-refractivity contribution in [2.75, 3.05) is 19.9 Å². The lowest BCUT2D eigenvalue weighted by Gasteiger charge is -2.25. The third-order valence-electron chi connectivity index (χ3n) is 6.41. The average Bonchev–Trinajstić information content (AvgIpc) is 3.44. The smallest absolute Gasteiger partial charge is 0.243 e. The molecule has 5 rings (SSSR count). The van der Waals surface area contributed by atoms with Crippen molar-refractivity contribution in [2.24, 2.45) is 0 Å². The molecule has 0 bridgehead atoms. The van der Waals surface area contributed by atoms with Gasteiger partial charge >= 0.3 is 0 Å². The maximum absolute atomic E-state index is 13.6. The molecule has 0 saturated carbocycles. The molecule has 1 N–H and O–H groups in total. The lowest BCUT2D eigenvalue weighted by Crippen LogP contribution is -2.42. The third kappa shape index (κ3) is 4.42. The molecule has 0 aliphatic carbocycles. The fourth-order valence-corrected chi connectivity index (χ4v) is 6.15. The van der Waals surface area contributed by atoms with Crippen LogP contribution in [0.25, 0.3) is 0 Å². The van der Waals surface area contributed by atoms with Gasteiger partial charge in [-0.2, -0.15) is 4.31 Å². The van der Waals surface area contributed by atoms with Gasteiger partial charge < -0.3 is 19.3 Å². The summed E-state index contributed by atoms with van der Waals surface area (Å²) in [6, 6.07) is 21.2. The van der Waals surface area contributed by atoms with Gasteiger partial charge in [-0.25, -0.2) is 8.42 Å². The maximum Gasteiger partial charge on any atom is 0.243 e. The molecule has 3 aromatic rings. The number of aliphatic hydroxyl groups excluding tert-OH is 1. The summed E-state index contributed by atoms with van der Waals surface area (Å²) in [6.07, 6.45) is -0.948. The Balaban J connectivity index is 1.43. The molecule has 1 fully saturated rings. The number of hydrogen-bond acceptors (Lipinski definition) is 6. The SMILES string of the molecule is Cc1ccc(S(=O)(=O)N2C[C@H](c3ccc4c(c3)OCO4)[C@H](O)[C@H]2COCc2ccccc2)cc1. The zero-order valence-corrected chi connectivity index (χ0v) is 19.6. The first-order valence-corrected chi connectivity index (χ1v) is 12.7. The predicted molar refractivity (Wildman–Crippen MR) is 126 cm³/mol. The van der Waals surface area contributed by atoms with Crippen LogP contribution in [0.4, 0.5) is 0 Å². The molecule has 2 aliphatic rings. The van der Waals surface area contributed by atoms with Crippen molar-refractivity contribution in [1.82, 2.24) is 4.31 Å². The van der Waals surface area contributed by atoms with E-state index in [-0.39, 0.29) is 24.8 Å². The van der Waals surface area contributed by atoms with Gasteiger partial charge in [-0.05, 0) is 42.3 Å². The zero-order chi connectivity index (χ0) is 23.7. The van der Waals surface area contributed by atoms with Crippen LogP contribution >= 0.6 is 0 Å². The Bertz CT molecular complexity index is 1250. The van der Waals surface area contributed by atoms with E-state index in [0.29, 0.717) is 18.1 Å². The van der Waals surface area contributed by atoms with Gasteiger partial charge in [0.25, 0.3) is 0 Å². The molecule has 0 aromatic heterocycles. The highest BCUT2D eigenvalue weighted by Gasteiger charge is 2.47. The second kappa shape index (κ2) is 9.38. The van der Waals surface area contributed by atoms with E-state index in [1.807, 2.05) is 49.4 Å². The van der Waals surface area contributed by atoms with Gasteiger partial charge in [0.2, 0.25) is 16.8 Å². The van der Waals surface area contributed by atoms with E-state index >= 15 is 0 Å². The molecular weight excluding hydrogens is 454 g/mol. The van der Waals surface area contributed by atoms with Crippen molar-refractivity contribution >= 4 is 10.0 Å². The van der Waals surface area contributed by atoms with Crippen LogP contribution in [-0.4, -0.2) is 49.9 Å². The van der Waals surface area contributed by atoms with Crippen LogP contribution in [-0.2, 0) is 21.4 Å². The zero-order valence-electron chi connectivity index (χ0n) is 18.8. The summed E-state index contributed by atoms with van der Waals surface area (Å²) in [5.74, 6) is 0.810. The Kier molecular flexibility index (Phi) is 6.31. The number of benzene rings is 3. The van der Waals surface area contributed by atoms with Gasteiger partial charge in [-0.3, -0.25) is 0 Å². The first-order chi connectivity index (χ1) is 16.4. The minimum atomic E-state index is -3.85. The Morgan fingerprint density at radius 1 is 1.00 bits per heavy atom. The molecule has 34 heavy (non-hydrogen) atoms. The van der Waals surface area contributed by atoms with E-state index in [2.05, 4.69) is 0 Å². The normalized spacial score (nSPS) is 22.2. The predicted octanol–water partition coefficient (Wildman–Crippen LogP) is 3.46. The molecule has 3 aromatic carbocycles. The van der Waals surface area contributed by atoms with Crippen molar-refractivity contribution < 1.29 is 27.7 Å². The Morgan fingerprint density at radius 2 is 1.74 bits per heavy atom. The molecule has 0 unspecified atom stereocenters. The summed E-state index contributed by atoms with van der Waals surface area (Å²) < 4.78 is 45.4. The summed E-state index contributed by atoms with van der Waals surface area (Å²) in [4.78, 5) is 0.199. The molecule has 0 amide bonds. The van der Waals surface area contributed by atoms with Crippen LogP contribution in [0.15, 0.2) is 77.7 Å². The van der Waals surface area contributed by atoms with Gasteiger partial charge in [0.1, 0.15) is 0 Å². The summed E-state index contributed by atoms with van der Waals surface area (Å²) in [5, 5.41) is 11.3. The fraction of sp³-hybridized carbons (Fsp3) is 0.308. The molecule has 1 saturated heterocycles. The minimum Gasteiger partial charge on any atom is -0.454 e. The Labute approximate surface area is 199 Å². The molecular formula is C26H27NO6S. The lowest BCUT2D eigenvalue weighted by atomic mass is 9.93. The van der Waals surface area contributed by atoms with Crippen LogP contribution < -0.4 is 9.47 Å². The number of nitrogens with zero attached hydrogens (tertiary/aromatic N) is 1. The van der Waals surface area contributed by atoms with E-state index in [9.17, 15) is 13.5 Å². The first-order valence-electron chi connectivity index (χ1n) is 11.2. The summed E-state index contributed by atoms with van der Waals surface area (Å²) in [6.45, 7) is 2.59. The number of fused-ring (bicyclic) bond motifs is 1. The van der Waals surface area contributed by atoms with Crippen molar-refractivity contribution in [1.29, 1.82) is 0 Å². The quantitative estimate of drug-likeness (QED) is 0.556. The first kappa shape index (κ1) is 22.9. The Hall–Kier alpha value is -2.91. The second-order valence-electron chi connectivity index (χ2n) is 8.67.